The molecule has 2 aromatic rings. The quantitative estimate of drug-likeness (QED) is 0.484. The summed E-state index contributed by atoms with van der Waals surface area (Å²) in [7, 11) is -3.54. The largest absolute Gasteiger partial charge is 0.396 e. The van der Waals surface area contributed by atoms with Gasteiger partial charge in [-0.05, 0) is 55.9 Å². The Hall–Kier alpha value is -2.10. The Morgan fingerprint density at radius 1 is 1.06 bits per heavy atom. The van der Waals surface area contributed by atoms with Crippen LogP contribution in [0.5, 0.6) is 0 Å². The SMILES string of the molecule is CC(=N)c1ccc(S(=O)(=O)N2CCC(N)(CO)CC2)cc1.OCCCc1ccccc1. The Labute approximate surface area is 185 Å². The van der Waals surface area contributed by atoms with E-state index in [9.17, 15) is 13.5 Å². The molecule has 8 heteroatoms. The van der Waals surface area contributed by atoms with E-state index in [-0.39, 0.29) is 18.1 Å². The van der Waals surface area contributed by atoms with Gasteiger partial charge in [-0.25, -0.2) is 8.42 Å². The van der Waals surface area contributed by atoms with E-state index in [1.807, 2.05) is 18.2 Å². The average Bonchev–Trinajstić information content (AvgIpc) is 2.79. The topological polar surface area (TPSA) is 128 Å². The molecular weight excluding hydrogens is 414 g/mol. The summed E-state index contributed by atoms with van der Waals surface area (Å²) in [5.74, 6) is 0. The molecule has 0 aromatic heterocycles. The van der Waals surface area contributed by atoms with Gasteiger partial charge in [-0.15, -0.1) is 0 Å². The molecule has 3 rings (SSSR count). The van der Waals surface area contributed by atoms with Crippen molar-refractivity contribution in [1.29, 1.82) is 5.41 Å². The molecule has 0 saturated carbocycles. The van der Waals surface area contributed by atoms with Crippen LogP contribution in [0.15, 0.2) is 59.5 Å². The predicted octanol–water partition coefficient (Wildman–Crippen LogP) is 2.16. The van der Waals surface area contributed by atoms with Crippen molar-refractivity contribution >= 4 is 15.7 Å². The number of hydrogen-bond acceptors (Lipinski definition) is 6. The van der Waals surface area contributed by atoms with E-state index in [2.05, 4.69) is 12.1 Å². The molecule has 1 saturated heterocycles. The molecule has 0 unspecified atom stereocenters. The highest BCUT2D eigenvalue weighted by Crippen LogP contribution is 2.25. The third kappa shape index (κ3) is 7.22. The molecule has 1 heterocycles. The Bertz CT molecular complexity index is 923. The van der Waals surface area contributed by atoms with Gasteiger partial charge in [-0.1, -0.05) is 42.5 Å². The molecule has 7 nitrogen and oxygen atoms in total. The maximum atomic E-state index is 12.5. The first-order valence-electron chi connectivity index (χ1n) is 10.4. The fourth-order valence-electron chi connectivity index (χ4n) is 3.28. The standard InChI is InChI=1S/C14H21N3O3S.C9H12O/c1-11(15)12-2-4-13(5-3-12)21(19,20)17-8-6-14(16,10-18)7-9-17;10-8-4-7-9-5-2-1-3-6-9/h2-5,15,18H,6-10,16H2,1H3;1-3,5-6,10H,4,7-8H2. The number of piperidine rings is 1. The molecule has 31 heavy (non-hydrogen) atoms. The lowest BCUT2D eigenvalue weighted by Crippen LogP contribution is -2.53. The Kier molecular flexibility index (Phi) is 9.33. The minimum atomic E-state index is -3.54. The summed E-state index contributed by atoms with van der Waals surface area (Å²) < 4.78 is 26.5. The lowest BCUT2D eigenvalue weighted by atomic mass is 9.91. The van der Waals surface area contributed by atoms with Gasteiger partial charge < -0.3 is 21.4 Å². The van der Waals surface area contributed by atoms with Gasteiger partial charge in [0.1, 0.15) is 0 Å². The first-order valence-corrected chi connectivity index (χ1v) is 11.9. The van der Waals surface area contributed by atoms with Crippen LogP contribution < -0.4 is 5.73 Å². The highest BCUT2D eigenvalue weighted by atomic mass is 32.2. The van der Waals surface area contributed by atoms with Gasteiger partial charge in [0.25, 0.3) is 0 Å². The first kappa shape index (κ1) is 25.2. The van der Waals surface area contributed by atoms with E-state index >= 15 is 0 Å². The number of nitrogens with zero attached hydrogens (tertiary/aromatic N) is 1. The summed E-state index contributed by atoms with van der Waals surface area (Å²) in [4.78, 5) is 0.223. The molecule has 170 valence electrons. The highest BCUT2D eigenvalue weighted by molar-refractivity contribution is 7.89. The first-order chi connectivity index (χ1) is 14.7. The van der Waals surface area contributed by atoms with Crippen molar-refractivity contribution in [3.63, 3.8) is 0 Å². The van der Waals surface area contributed by atoms with E-state index < -0.39 is 15.6 Å². The lowest BCUT2D eigenvalue weighted by molar-refractivity contribution is 0.139. The number of sulfonamides is 1. The fraction of sp³-hybridized carbons (Fsp3) is 0.435. The fourth-order valence-corrected chi connectivity index (χ4v) is 4.73. The summed E-state index contributed by atoms with van der Waals surface area (Å²) in [6.07, 6.45) is 2.74. The maximum Gasteiger partial charge on any atom is 0.243 e. The van der Waals surface area contributed by atoms with Gasteiger partial charge in [0.05, 0.1) is 11.5 Å². The van der Waals surface area contributed by atoms with Gasteiger partial charge in [-0.3, -0.25) is 0 Å². The molecule has 2 aromatic carbocycles. The average molecular weight is 448 g/mol. The number of aliphatic hydroxyl groups excluding tert-OH is 2. The summed E-state index contributed by atoms with van der Waals surface area (Å²) in [5.41, 5.74) is 7.69. The number of nitrogens with two attached hydrogens (primary N) is 1. The van der Waals surface area contributed by atoms with Gasteiger partial charge >= 0.3 is 0 Å². The number of aryl methyl sites for hydroxylation is 1. The minimum absolute atomic E-state index is 0.131. The summed E-state index contributed by atoms with van der Waals surface area (Å²) in [6.45, 7) is 2.43. The number of nitrogens with one attached hydrogen (secondary N) is 1. The second-order valence-electron chi connectivity index (χ2n) is 7.89. The van der Waals surface area contributed by atoms with Crippen LogP contribution in [0.25, 0.3) is 0 Å². The zero-order valence-electron chi connectivity index (χ0n) is 18.0. The molecule has 1 aliphatic heterocycles. The van der Waals surface area contributed by atoms with Gasteiger partial charge in [0, 0.05) is 30.9 Å². The van der Waals surface area contributed by atoms with E-state index in [1.165, 1.54) is 22.0 Å². The van der Waals surface area contributed by atoms with Crippen LogP contribution in [0, 0.1) is 5.41 Å². The predicted molar refractivity (Wildman–Crippen MR) is 123 cm³/mol. The number of hydrogen-bond donors (Lipinski definition) is 4. The van der Waals surface area contributed by atoms with Crippen LogP contribution >= 0.6 is 0 Å². The molecule has 0 spiro atoms. The number of rotatable bonds is 7. The minimum Gasteiger partial charge on any atom is -0.396 e. The molecule has 1 fully saturated rings. The van der Waals surface area contributed by atoms with E-state index in [1.54, 1.807) is 19.1 Å². The number of benzene rings is 2. The van der Waals surface area contributed by atoms with Gasteiger partial charge in [0.2, 0.25) is 10.0 Å². The zero-order valence-corrected chi connectivity index (χ0v) is 18.8. The van der Waals surface area contributed by atoms with E-state index in [4.69, 9.17) is 16.2 Å². The summed E-state index contributed by atoms with van der Waals surface area (Å²) in [5, 5.41) is 25.3. The second kappa shape index (κ2) is 11.5. The third-order valence-electron chi connectivity index (χ3n) is 5.42. The van der Waals surface area contributed by atoms with Crippen LogP contribution in [0.2, 0.25) is 0 Å². The zero-order chi connectivity index (χ0) is 22.9. The molecular formula is C23H33N3O4S. The summed E-state index contributed by atoms with van der Waals surface area (Å²) in [6, 6.07) is 16.5. The Morgan fingerprint density at radius 3 is 2.13 bits per heavy atom. The molecule has 0 atom stereocenters. The third-order valence-corrected chi connectivity index (χ3v) is 7.34. The van der Waals surface area contributed by atoms with Crippen molar-refractivity contribution in [2.75, 3.05) is 26.3 Å². The smallest absolute Gasteiger partial charge is 0.243 e. The van der Waals surface area contributed by atoms with Crippen molar-refractivity contribution < 1.29 is 18.6 Å². The Balaban J connectivity index is 0.000000285. The molecule has 0 amide bonds. The maximum absolute atomic E-state index is 12.5. The van der Waals surface area contributed by atoms with E-state index in [0.717, 1.165) is 12.8 Å². The van der Waals surface area contributed by atoms with Crippen molar-refractivity contribution in [2.24, 2.45) is 5.73 Å². The lowest BCUT2D eigenvalue weighted by Gasteiger charge is -2.37. The highest BCUT2D eigenvalue weighted by Gasteiger charge is 2.35. The van der Waals surface area contributed by atoms with Gasteiger partial charge in [-0.2, -0.15) is 4.31 Å². The molecule has 0 aliphatic carbocycles. The van der Waals surface area contributed by atoms with Crippen LogP contribution in [0.3, 0.4) is 0 Å². The Morgan fingerprint density at radius 2 is 1.65 bits per heavy atom. The van der Waals surface area contributed by atoms with Gasteiger partial charge in [0.15, 0.2) is 0 Å². The normalized spacial score (nSPS) is 16.3. The van der Waals surface area contributed by atoms with Crippen molar-refractivity contribution in [3.8, 4) is 0 Å². The second-order valence-corrected chi connectivity index (χ2v) is 9.82. The monoisotopic (exact) mass is 447 g/mol. The van der Waals surface area contributed by atoms with Crippen molar-refractivity contribution in [1.82, 2.24) is 4.31 Å². The summed E-state index contributed by atoms with van der Waals surface area (Å²) >= 11 is 0. The molecule has 0 bridgehead atoms. The molecule has 1 aliphatic rings. The van der Waals surface area contributed by atoms with E-state index in [0.29, 0.717) is 37.2 Å². The van der Waals surface area contributed by atoms with Crippen LogP contribution in [0.1, 0.15) is 37.3 Å². The molecule has 5 N–H and O–H groups in total. The van der Waals surface area contributed by atoms with Crippen LogP contribution in [-0.2, 0) is 16.4 Å². The molecule has 0 radical (unpaired) electrons. The van der Waals surface area contributed by atoms with Crippen LogP contribution in [-0.4, -0.2) is 60.5 Å². The number of aliphatic hydroxyl groups is 2. The van der Waals surface area contributed by atoms with Crippen molar-refractivity contribution in [2.45, 2.75) is 43.0 Å². The van der Waals surface area contributed by atoms with Crippen molar-refractivity contribution in [3.05, 3.63) is 65.7 Å². The van der Waals surface area contributed by atoms with Crippen LogP contribution in [0.4, 0.5) is 0 Å².